The summed E-state index contributed by atoms with van der Waals surface area (Å²) < 4.78 is 5.12. The lowest BCUT2D eigenvalue weighted by Crippen LogP contribution is -2.10. The molecule has 16 heavy (non-hydrogen) atoms. The summed E-state index contributed by atoms with van der Waals surface area (Å²) in [5, 5.41) is 1.30. The van der Waals surface area contributed by atoms with Crippen LogP contribution in [-0.2, 0) is 6.42 Å². The smallest absolute Gasteiger partial charge is 0.261 e. The van der Waals surface area contributed by atoms with E-state index >= 15 is 0 Å². The Morgan fingerprint density at radius 2 is 2.38 bits per heavy atom. The van der Waals surface area contributed by atoms with Crippen LogP contribution in [0.2, 0.25) is 0 Å². The Morgan fingerprint density at radius 1 is 1.50 bits per heavy atom. The highest BCUT2D eigenvalue weighted by atomic mass is 32.2. The first-order valence-corrected chi connectivity index (χ1v) is 5.55. The van der Waals surface area contributed by atoms with Gasteiger partial charge in [-0.2, -0.15) is 0 Å². The molecule has 2 rings (SSSR count). The van der Waals surface area contributed by atoms with Crippen LogP contribution < -0.4 is 11.3 Å². The molecule has 3 N–H and O–H groups in total. The summed E-state index contributed by atoms with van der Waals surface area (Å²) in [6.07, 6.45) is 3.85. The van der Waals surface area contributed by atoms with Gasteiger partial charge in [-0.05, 0) is 11.8 Å². The number of aromatic nitrogens is 3. The van der Waals surface area contributed by atoms with E-state index in [4.69, 9.17) is 10.3 Å². The number of rotatable bonds is 4. The van der Waals surface area contributed by atoms with Crippen LogP contribution in [0.3, 0.4) is 0 Å². The molecule has 84 valence electrons. The molecule has 0 aromatic carbocycles. The quantitative estimate of drug-likeness (QED) is 0.472. The van der Waals surface area contributed by atoms with E-state index in [1.807, 2.05) is 6.92 Å². The summed E-state index contributed by atoms with van der Waals surface area (Å²) in [5.74, 6) is 6.64. The highest BCUT2D eigenvalue weighted by Crippen LogP contribution is 2.25. The van der Waals surface area contributed by atoms with Crippen molar-refractivity contribution in [1.29, 1.82) is 0 Å². The molecular formula is C9H11N5OS. The van der Waals surface area contributed by atoms with Crippen molar-refractivity contribution in [3.05, 3.63) is 24.4 Å². The Labute approximate surface area is 96.7 Å². The Morgan fingerprint density at radius 3 is 3.00 bits per heavy atom. The summed E-state index contributed by atoms with van der Waals surface area (Å²) in [6.45, 7) is 1.98. The van der Waals surface area contributed by atoms with Crippen molar-refractivity contribution in [3.8, 4) is 0 Å². The average Bonchev–Trinajstić information content (AvgIpc) is 2.81. The lowest BCUT2D eigenvalue weighted by Gasteiger charge is -2.04. The molecule has 2 aromatic rings. The van der Waals surface area contributed by atoms with E-state index in [2.05, 4.69) is 20.4 Å². The van der Waals surface area contributed by atoms with E-state index in [-0.39, 0.29) is 0 Å². The van der Waals surface area contributed by atoms with E-state index in [0.29, 0.717) is 11.0 Å². The number of hydrogen-bond donors (Lipinski definition) is 2. The SMILES string of the molecule is CCc1nc(NN)cc(Sc2ncco2)n1. The highest BCUT2D eigenvalue weighted by Gasteiger charge is 2.07. The normalized spacial score (nSPS) is 10.4. The van der Waals surface area contributed by atoms with Crippen molar-refractivity contribution in [1.82, 2.24) is 15.0 Å². The van der Waals surface area contributed by atoms with Crippen molar-refractivity contribution >= 4 is 17.6 Å². The van der Waals surface area contributed by atoms with Gasteiger partial charge in [-0.15, -0.1) is 0 Å². The molecule has 7 heteroatoms. The van der Waals surface area contributed by atoms with E-state index in [1.165, 1.54) is 18.0 Å². The molecule has 0 bridgehead atoms. The van der Waals surface area contributed by atoms with Crippen LogP contribution in [0, 0.1) is 0 Å². The molecule has 0 saturated heterocycles. The number of nitrogens with two attached hydrogens (primary N) is 1. The fourth-order valence-corrected chi connectivity index (χ4v) is 1.83. The van der Waals surface area contributed by atoms with Gasteiger partial charge in [0, 0.05) is 12.5 Å². The maximum absolute atomic E-state index is 5.33. The first-order valence-electron chi connectivity index (χ1n) is 4.73. The van der Waals surface area contributed by atoms with Crippen LogP contribution in [0.25, 0.3) is 0 Å². The zero-order valence-electron chi connectivity index (χ0n) is 8.67. The monoisotopic (exact) mass is 237 g/mol. The van der Waals surface area contributed by atoms with Crippen LogP contribution in [0.15, 0.2) is 33.2 Å². The molecule has 0 saturated carbocycles. The van der Waals surface area contributed by atoms with Gasteiger partial charge in [-0.3, -0.25) is 0 Å². The number of hydrazine groups is 1. The first-order chi connectivity index (χ1) is 7.81. The van der Waals surface area contributed by atoms with Crippen LogP contribution in [0.5, 0.6) is 0 Å². The van der Waals surface area contributed by atoms with Crippen molar-refractivity contribution in [3.63, 3.8) is 0 Å². The minimum absolute atomic E-state index is 0.545. The predicted molar refractivity (Wildman–Crippen MR) is 59.8 cm³/mol. The van der Waals surface area contributed by atoms with Crippen LogP contribution in [-0.4, -0.2) is 15.0 Å². The third-order valence-corrected chi connectivity index (χ3v) is 2.61. The molecular weight excluding hydrogens is 226 g/mol. The molecule has 0 radical (unpaired) electrons. The van der Waals surface area contributed by atoms with E-state index in [9.17, 15) is 0 Å². The lowest BCUT2D eigenvalue weighted by atomic mass is 10.4. The minimum atomic E-state index is 0.545. The molecule has 0 aliphatic rings. The second-order valence-corrected chi connectivity index (χ2v) is 3.88. The van der Waals surface area contributed by atoms with Gasteiger partial charge in [0.25, 0.3) is 5.22 Å². The second kappa shape index (κ2) is 4.95. The van der Waals surface area contributed by atoms with Gasteiger partial charge >= 0.3 is 0 Å². The van der Waals surface area contributed by atoms with E-state index in [0.717, 1.165) is 17.3 Å². The zero-order chi connectivity index (χ0) is 11.4. The van der Waals surface area contributed by atoms with Crippen LogP contribution in [0.4, 0.5) is 5.82 Å². The number of aryl methyl sites for hydroxylation is 1. The topological polar surface area (TPSA) is 89.9 Å². The number of nitrogens with zero attached hydrogens (tertiary/aromatic N) is 3. The largest absolute Gasteiger partial charge is 0.440 e. The van der Waals surface area contributed by atoms with Gasteiger partial charge in [-0.1, -0.05) is 6.92 Å². The van der Waals surface area contributed by atoms with Gasteiger partial charge in [0.2, 0.25) is 0 Å². The number of oxazole rings is 1. The molecule has 0 aliphatic carbocycles. The van der Waals surface area contributed by atoms with Gasteiger partial charge in [0.15, 0.2) is 0 Å². The number of anilines is 1. The van der Waals surface area contributed by atoms with Crippen molar-refractivity contribution in [2.45, 2.75) is 23.6 Å². The third kappa shape index (κ3) is 2.50. The van der Waals surface area contributed by atoms with E-state index < -0.39 is 0 Å². The number of hydrogen-bond acceptors (Lipinski definition) is 7. The first kappa shape index (κ1) is 10.9. The fraction of sp³-hybridized carbons (Fsp3) is 0.222. The summed E-state index contributed by atoms with van der Waals surface area (Å²) in [7, 11) is 0. The van der Waals surface area contributed by atoms with Crippen molar-refractivity contribution in [2.75, 3.05) is 5.43 Å². The molecule has 0 unspecified atom stereocenters. The van der Waals surface area contributed by atoms with Crippen LogP contribution >= 0.6 is 11.8 Å². The minimum Gasteiger partial charge on any atom is -0.440 e. The van der Waals surface area contributed by atoms with Gasteiger partial charge < -0.3 is 9.84 Å². The molecule has 2 aromatic heterocycles. The van der Waals surface area contributed by atoms with Gasteiger partial charge in [0.1, 0.15) is 22.9 Å². The summed E-state index contributed by atoms with van der Waals surface area (Å²) >= 11 is 1.33. The molecule has 2 heterocycles. The Balaban J connectivity index is 2.26. The molecule has 0 amide bonds. The zero-order valence-corrected chi connectivity index (χ0v) is 9.49. The molecule has 0 atom stereocenters. The second-order valence-electron chi connectivity index (χ2n) is 2.91. The molecule has 6 nitrogen and oxygen atoms in total. The molecule has 0 fully saturated rings. The summed E-state index contributed by atoms with van der Waals surface area (Å²) in [4.78, 5) is 12.5. The van der Waals surface area contributed by atoms with Crippen molar-refractivity contribution in [2.24, 2.45) is 5.84 Å². The predicted octanol–water partition coefficient (Wildman–Crippen LogP) is 1.46. The molecule has 0 spiro atoms. The van der Waals surface area contributed by atoms with Crippen molar-refractivity contribution < 1.29 is 4.42 Å². The standard InChI is InChI=1S/C9H11N5OS/c1-2-6-12-7(14-10)5-8(13-6)16-9-11-3-4-15-9/h3-5H,2,10H2,1H3,(H,12,13,14). The molecule has 0 aliphatic heterocycles. The fourth-order valence-electron chi connectivity index (χ4n) is 1.11. The van der Waals surface area contributed by atoms with Gasteiger partial charge in [0.05, 0.1) is 6.20 Å². The third-order valence-electron chi connectivity index (χ3n) is 1.81. The maximum atomic E-state index is 5.33. The highest BCUT2D eigenvalue weighted by molar-refractivity contribution is 7.99. The number of nitrogens with one attached hydrogen (secondary N) is 1. The Bertz CT molecular complexity index is 437. The Kier molecular flexibility index (Phi) is 3.37. The lowest BCUT2D eigenvalue weighted by molar-refractivity contribution is 0.454. The van der Waals surface area contributed by atoms with E-state index in [1.54, 1.807) is 12.3 Å². The maximum Gasteiger partial charge on any atom is 0.261 e. The summed E-state index contributed by atoms with van der Waals surface area (Å²) in [5.41, 5.74) is 2.51. The Hall–Kier alpha value is -1.60. The van der Waals surface area contributed by atoms with Crippen LogP contribution in [0.1, 0.15) is 12.7 Å². The summed E-state index contributed by atoms with van der Waals surface area (Å²) in [6, 6.07) is 1.74. The number of nitrogen functional groups attached to an aromatic ring is 1. The van der Waals surface area contributed by atoms with Gasteiger partial charge in [-0.25, -0.2) is 20.8 Å². The average molecular weight is 237 g/mol.